The van der Waals surface area contributed by atoms with Crippen molar-refractivity contribution in [2.75, 3.05) is 17.5 Å². The molecule has 6 aromatic rings. The SMILES string of the molecule is COc1ncc([N+](=O)[O-])c(C)n1.Cc1ncc([N+](=O)[O-])cn1.Cc1ncnc(NN(c2ccccc2)c2ccccc2)c1[N+](=O)[O-].Cc1ncncc1[N+](=O)[O-]. The summed E-state index contributed by atoms with van der Waals surface area (Å²) >= 11 is 0. The number of para-hydroxylation sites is 2. The fourth-order valence-electron chi connectivity index (χ4n) is 4.07. The van der Waals surface area contributed by atoms with E-state index in [1.165, 1.54) is 45.3 Å². The molecule has 23 heteroatoms. The van der Waals surface area contributed by atoms with Gasteiger partial charge >= 0.3 is 28.8 Å². The molecule has 6 rings (SSSR count). The summed E-state index contributed by atoms with van der Waals surface area (Å²) in [5, 5.41) is 43.6. The van der Waals surface area contributed by atoms with Crippen molar-refractivity contribution in [2.45, 2.75) is 27.7 Å². The number of aryl methyl sites for hydroxylation is 4. The zero-order valence-electron chi connectivity index (χ0n) is 30.2. The van der Waals surface area contributed by atoms with Crippen molar-refractivity contribution in [3.63, 3.8) is 0 Å². The largest absolute Gasteiger partial charge is 0.467 e. The lowest BCUT2D eigenvalue weighted by molar-refractivity contribution is -0.386. The minimum Gasteiger partial charge on any atom is -0.467 e. The molecule has 2 aromatic carbocycles. The van der Waals surface area contributed by atoms with E-state index < -0.39 is 19.7 Å². The number of hydrogen-bond acceptors (Lipinski definition) is 19. The molecule has 56 heavy (non-hydrogen) atoms. The summed E-state index contributed by atoms with van der Waals surface area (Å²) in [4.78, 5) is 69.6. The molecular weight excluding hydrogens is 736 g/mol. The normalized spacial score (nSPS) is 9.73. The highest BCUT2D eigenvalue weighted by atomic mass is 16.6. The van der Waals surface area contributed by atoms with Crippen LogP contribution in [0.25, 0.3) is 0 Å². The van der Waals surface area contributed by atoms with Crippen LogP contribution < -0.4 is 15.2 Å². The molecule has 0 saturated heterocycles. The monoisotopic (exact) mass is 768 g/mol. The molecule has 0 atom stereocenters. The molecule has 288 valence electrons. The van der Waals surface area contributed by atoms with Gasteiger partial charge in [0.2, 0.25) is 5.82 Å². The van der Waals surface area contributed by atoms with Crippen LogP contribution in [0.5, 0.6) is 6.01 Å². The van der Waals surface area contributed by atoms with Crippen molar-refractivity contribution in [2.24, 2.45) is 0 Å². The van der Waals surface area contributed by atoms with Crippen molar-refractivity contribution in [3.8, 4) is 6.01 Å². The highest BCUT2D eigenvalue weighted by Crippen LogP contribution is 2.30. The molecule has 0 aliphatic carbocycles. The molecule has 23 nitrogen and oxygen atoms in total. The molecule has 0 radical (unpaired) electrons. The molecule has 0 unspecified atom stereocenters. The first-order valence-electron chi connectivity index (χ1n) is 15.7. The van der Waals surface area contributed by atoms with E-state index in [4.69, 9.17) is 0 Å². The van der Waals surface area contributed by atoms with Crippen molar-refractivity contribution in [1.82, 2.24) is 39.9 Å². The second-order valence-electron chi connectivity index (χ2n) is 10.6. The van der Waals surface area contributed by atoms with E-state index in [1.807, 2.05) is 60.7 Å². The number of methoxy groups -OCH3 is 1. The first-order valence-corrected chi connectivity index (χ1v) is 15.7. The third-order valence-corrected chi connectivity index (χ3v) is 6.81. The summed E-state index contributed by atoms with van der Waals surface area (Å²) in [6.45, 7) is 6.35. The minimum absolute atomic E-state index is 0.0394. The lowest BCUT2D eigenvalue weighted by Gasteiger charge is -2.25. The van der Waals surface area contributed by atoms with Crippen LogP contribution in [0.3, 0.4) is 0 Å². The minimum atomic E-state index is -0.533. The van der Waals surface area contributed by atoms with Gasteiger partial charge < -0.3 is 4.74 Å². The number of hydrogen-bond donors (Lipinski definition) is 1. The van der Waals surface area contributed by atoms with Crippen LogP contribution in [-0.4, -0.2) is 66.7 Å². The Labute approximate surface area is 316 Å². The summed E-state index contributed by atoms with van der Waals surface area (Å²) in [6, 6.07) is 19.1. The molecular formula is C33H32N14O9. The number of nitrogens with zero attached hydrogens (tertiary/aromatic N) is 13. The van der Waals surface area contributed by atoms with Crippen LogP contribution in [0.2, 0.25) is 0 Å². The van der Waals surface area contributed by atoms with E-state index in [-0.39, 0.29) is 34.6 Å². The van der Waals surface area contributed by atoms with E-state index >= 15 is 0 Å². The number of benzene rings is 2. The van der Waals surface area contributed by atoms with Gasteiger partial charge in [-0.05, 0) is 52.0 Å². The van der Waals surface area contributed by atoms with Crippen LogP contribution in [-0.2, 0) is 0 Å². The number of ether oxygens (including phenoxy) is 1. The molecule has 1 N–H and O–H groups in total. The first-order chi connectivity index (χ1) is 26.7. The molecule has 0 saturated carbocycles. The highest BCUT2D eigenvalue weighted by molar-refractivity contribution is 5.70. The van der Waals surface area contributed by atoms with Crippen LogP contribution >= 0.6 is 0 Å². The second kappa shape index (κ2) is 20.7. The van der Waals surface area contributed by atoms with Gasteiger partial charge in [0.1, 0.15) is 60.3 Å². The van der Waals surface area contributed by atoms with E-state index in [0.29, 0.717) is 22.9 Å². The van der Waals surface area contributed by atoms with Crippen molar-refractivity contribution >= 4 is 39.9 Å². The van der Waals surface area contributed by atoms with Gasteiger partial charge in [0.25, 0.3) is 0 Å². The predicted octanol–water partition coefficient (Wildman–Crippen LogP) is 5.95. The summed E-state index contributed by atoms with van der Waals surface area (Å²) in [5.41, 5.74) is 5.33. The van der Waals surface area contributed by atoms with Crippen molar-refractivity contribution < 1.29 is 24.4 Å². The van der Waals surface area contributed by atoms with Gasteiger partial charge in [-0.2, -0.15) is 9.97 Å². The molecule has 4 aromatic heterocycles. The van der Waals surface area contributed by atoms with E-state index in [2.05, 4.69) is 50.0 Å². The number of hydrazine groups is 1. The molecule has 4 heterocycles. The van der Waals surface area contributed by atoms with Gasteiger partial charge in [-0.1, -0.05) is 36.4 Å². The van der Waals surface area contributed by atoms with E-state index in [1.54, 1.807) is 25.8 Å². The molecule has 0 spiro atoms. The van der Waals surface area contributed by atoms with Crippen LogP contribution in [0.4, 0.5) is 39.9 Å². The third kappa shape index (κ3) is 12.5. The Bertz CT molecular complexity index is 2210. The smallest absolute Gasteiger partial charge is 0.334 e. The number of rotatable bonds is 9. The Kier molecular flexibility index (Phi) is 15.6. The van der Waals surface area contributed by atoms with Crippen LogP contribution in [0.1, 0.15) is 22.9 Å². The van der Waals surface area contributed by atoms with Gasteiger partial charge in [-0.25, -0.2) is 29.9 Å². The fraction of sp³-hybridized carbons (Fsp3) is 0.152. The third-order valence-electron chi connectivity index (χ3n) is 6.81. The van der Waals surface area contributed by atoms with E-state index in [0.717, 1.165) is 17.6 Å². The highest BCUT2D eigenvalue weighted by Gasteiger charge is 2.22. The van der Waals surface area contributed by atoms with Crippen LogP contribution in [0, 0.1) is 68.2 Å². The van der Waals surface area contributed by atoms with Gasteiger partial charge in [0.05, 0.1) is 38.2 Å². The average Bonchev–Trinajstić information content (AvgIpc) is 3.18. The Balaban J connectivity index is 0.000000220. The van der Waals surface area contributed by atoms with Crippen LogP contribution in [0.15, 0.2) is 98.1 Å². The zero-order valence-corrected chi connectivity index (χ0v) is 30.2. The predicted molar refractivity (Wildman–Crippen MR) is 199 cm³/mol. The van der Waals surface area contributed by atoms with Gasteiger partial charge in [-0.3, -0.25) is 50.9 Å². The fourth-order valence-corrected chi connectivity index (χ4v) is 4.07. The van der Waals surface area contributed by atoms with Gasteiger partial charge in [0.15, 0.2) is 0 Å². The zero-order chi connectivity index (χ0) is 41.2. The number of anilines is 3. The average molecular weight is 769 g/mol. The second-order valence-corrected chi connectivity index (χ2v) is 10.6. The van der Waals surface area contributed by atoms with Gasteiger partial charge in [0, 0.05) is 0 Å². The summed E-state index contributed by atoms with van der Waals surface area (Å²) < 4.78 is 4.68. The topological polar surface area (TPSA) is 300 Å². The first kappa shape index (κ1) is 42.2. The summed E-state index contributed by atoms with van der Waals surface area (Å²) in [7, 11) is 1.40. The maximum absolute atomic E-state index is 11.4. The molecule has 0 amide bonds. The number of nitro groups is 4. The Morgan fingerprint density at radius 3 is 1.57 bits per heavy atom. The molecule has 0 bridgehead atoms. The summed E-state index contributed by atoms with van der Waals surface area (Å²) in [6.07, 6.45) is 7.26. The Morgan fingerprint density at radius 2 is 1.12 bits per heavy atom. The maximum Gasteiger partial charge on any atom is 0.334 e. The Morgan fingerprint density at radius 1 is 0.589 bits per heavy atom. The van der Waals surface area contributed by atoms with Gasteiger partial charge in [-0.15, -0.1) is 0 Å². The van der Waals surface area contributed by atoms with E-state index in [9.17, 15) is 40.5 Å². The number of nitrogens with one attached hydrogen (secondary N) is 1. The quantitative estimate of drug-likeness (QED) is 0.131. The van der Waals surface area contributed by atoms with Crippen molar-refractivity contribution in [3.05, 3.63) is 161 Å². The molecule has 0 fully saturated rings. The maximum atomic E-state index is 11.4. The summed E-state index contributed by atoms with van der Waals surface area (Å²) in [5.74, 6) is 0.672. The van der Waals surface area contributed by atoms with Crippen molar-refractivity contribution in [1.29, 1.82) is 0 Å². The lowest BCUT2D eigenvalue weighted by Crippen LogP contribution is -2.25. The lowest BCUT2D eigenvalue weighted by atomic mass is 10.2. The molecule has 0 aliphatic rings. The standard InChI is InChI=1S/C17H15N5O2.C6H7N3O3.2C5H5N3O2/c1-13-16(22(23)24)17(19-12-18-13)20-21(14-8-4-2-5-9-14)15-10-6-3-7-11-15;1-4-5(9(10)11)3-7-6(8-4)12-2;1-4-5(8(9)10)2-6-3-7-4;1-4-6-2-5(3-7-4)8(9)10/h2-12H,1H3,(H,18,19,20);3H,1-2H3;2*2-3H,1H3. The Hall–Kier alpha value is -8.24. The number of aromatic nitrogens is 8. The molecule has 0 aliphatic heterocycles.